The zero-order valence-electron chi connectivity index (χ0n) is 38.4. The fourth-order valence-electron chi connectivity index (χ4n) is 8.79. The van der Waals surface area contributed by atoms with Crippen LogP contribution in [0.4, 0.5) is 0 Å². The summed E-state index contributed by atoms with van der Waals surface area (Å²) in [4.78, 5) is 45.5. The van der Waals surface area contributed by atoms with Crippen LogP contribution in [-0.2, 0) is 30.5 Å². The number of nitriles is 1. The SMILES string of the molecule is COc1ccc(C(OC[C@H]2O[C@@H](n3cc4cc(CCN5C(=O)c6ccccc6C5=O)oc4nc3=O)C[C@@H]2OP(OCCC#N)N(C(C)C)C(C)C)(c2ccccc2)c2ccc(OC)cc2)cc1. The second-order valence-electron chi connectivity index (χ2n) is 16.8. The highest BCUT2D eigenvalue weighted by Gasteiger charge is 2.45. The molecule has 6 aromatic rings. The third-order valence-electron chi connectivity index (χ3n) is 12.0. The summed E-state index contributed by atoms with van der Waals surface area (Å²) in [5, 5.41) is 9.98. The Morgan fingerprint density at radius 2 is 1.42 bits per heavy atom. The maximum atomic E-state index is 13.9. The van der Waals surface area contributed by atoms with Crippen LogP contribution in [-0.4, -0.2) is 89.2 Å². The Labute approximate surface area is 390 Å². The van der Waals surface area contributed by atoms with Crippen LogP contribution in [0.3, 0.4) is 0 Å². The van der Waals surface area contributed by atoms with Crippen molar-refractivity contribution in [3.63, 3.8) is 0 Å². The average Bonchev–Trinajstić information content (AvgIpc) is 4.00. The minimum atomic E-state index is -1.74. The summed E-state index contributed by atoms with van der Waals surface area (Å²) in [5.74, 6) is 1.10. The van der Waals surface area contributed by atoms with Crippen molar-refractivity contribution < 1.29 is 42.0 Å². The Balaban J connectivity index is 1.14. The molecule has 0 spiro atoms. The van der Waals surface area contributed by atoms with E-state index in [9.17, 15) is 19.6 Å². The molecule has 0 bridgehead atoms. The van der Waals surface area contributed by atoms with Crippen LogP contribution in [0.25, 0.3) is 11.1 Å². The number of rotatable bonds is 20. The molecule has 4 atom stereocenters. The molecule has 1 fully saturated rings. The van der Waals surface area contributed by atoms with E-state index in [1.54, 1.807) is 50.7 Å². The van der Waals surface area contributed by atoms with Crippen molar-refractivity contribution in [1.29, 1.82) is 5.26 Å². The van der Waals surface area contributed by atoms with E-state index in [0.717, 1.165) is 16.7 Å². The van der Waals surface area contributed by atoms with Gasteiger partial charge in [-0.05, 0) is 86.8 Å². The van der Waals surface area contributed by atoms with E-state index >= 15 is 0 Å². The molecule has 2 aromatic heterocycles. The van der Waals surface area contributed by atoms with Gasteiger partial charge in [0, 0.05) is 37.7 Å². The van der Waals surface area contributed by atoms with E-state index in [1.165, 1.54) is 9.47 Å². The van der Waals surface area contributed by atoms with Crippen LogP contribution in [0.1, 0.15) is 89.9 Å². The maximum absolute atomic E-state index is 13.9. The van der Waals surface area contributed by atoms with Crippen LogP contribution >= 0.6 is 8.53 Å². The van der Waals surface area contributed by atoms with Gasteiger partial charge < -0.3 is 32.4 Å². The quantitative estimate of drug-likeness (QED) is 0.0309. The van der Waals surface area contributed by atoms with Gasteiger partial charge in [-0.2, -0.15) is 10.2 Å². The van der Waals surface area contributed by atoms with E-state index in [1.807, 2.05) is 78.9 Å². The number of fused-ring (bicyclic) bond motifs is 2. The van der Waals surface area contributed by atoms with Crippen LogP contribution in [0.5, 0.6) is 11.5 Å². The van der Waals surface area contributed by atoms with Crippen molar-refractivity contribution in [2.75, 3.05) is 34.0 Å². The Morgan fingerprint density at radius 3 is 1.99 bits per heavy atom. The van der Waals surface area contributed by atoms with Gasteiger partial charge in [0.1, 0.15) is 35.2 Å². The molecule has 16 heteroatoms. The lowest BCUT2D eigenvalue weighted by atomic mass is 9.80. The number of furan rings is 1. The first-order chi connectivity index (χ1) is 32.4. The summed E-state index contributed by atoms with van der Waals surface area (Å²) >= 11 is 0. The molecular formula is C51H54N5O10P. The molecule has 2 amide bonds. The topological polar surface area (TPSA) is 168 Å². The van der Waals surface area contributed by atoms with Crippen LogP contribution in [0.15, 0.2) is 125 Å². The smallest absolute Gasteiger partial charge is 0.353 e. The van der Waals surface area contributed by atoms with E-state index in [4.69, 9.17) is 32.4 Å². The van der Waals surface area contributed by atoms with Gasteiger partial charge in [-0.25, -0.2) is 9.46 Å². The normalized spacial score (nSPS) is 17.7. The molecule has 0 radical (unpaired) electrons. The molecule has 4 aromatic carbocycles. The van der Waals surface area contributed by atoms with Gasteiger partial charge in [-0.3, -0.25) is 19.1 Å². The molecule has 67 heavy (non-hydrogen) atoms. The minimum absolute atomic E-state index is 0.00304. The fraction of sp³-hybridized carbons (Fsp3) is 0.353. The molecule has 8 rings (SSSR count). The molecule has 15 nitrogen and oxygen atoms in total. The van der Waals surface area contributed by atoms with Gasteiger partial charge in [0.25, 0.3) is 20.3 Å². The monoisotopic (exact) mass is 927 g/mol. The van der Waals surface area contributed by atoms with Gasteiger partial charge >= 0.3 is 5.69 Å². The Bertz CT molecular complexity index is 2680. The number of carbonyl (C=O) groups is 2. The number of imide groups is 1. The highest BCUT2D eigenvalue weighted by molar-refractivity contribution is 7.44. The zero-order valence-corrected chi connectivity index (χ0v) is 39.3. The number of nitrogens with zero attached hydrogens (tertiary/aromatic N) is 5. The van der Waals surface area contributed by atoms with Crippen molar-refractivity contribution in [2.24, 2.45) is 0 Å². The van der Waals surface area contributed by atoms with E-state index < -0.39 is 38.3 Å². The number of hydrogen-bond acceptors (Lipinski definition) is 13. The van der Waals surface area contributed by atoms with Gasteiger partial charge in [0.05, 0.1) is 62.5 Å². The number of carbonyl (C=O) groups excluding carboxylic acids is 2. The molecule has 1 saturated heterocycles. The van der Waals surface area contributed by atoms with Crippen LogP contribution in [0.2, 0.25) is 0 Å². The van der Waals surface area contributed by atoms with E-state index in [-0.39, 0.29) is 68.6 Å². The first-order valence-corrected chi connectivity index (χ1v) is 23.4. The number of hydrogen-bond donors (Lipinski definition) is 0. The van der Waals surface area contributed by atoms with Crippen molar-refractivity contribution in [3.8, 4) is 17.6 Å². The van der Waals surface area contributed by atoms with Gasteiger partial charge in [-0.15, -0.1) is 0 Å². The molecule has 2 aliphatic rings. The third-order valence-corrected chi connectivity index (χ3v) is 14.1. The van der Waals surface area contributed by atoms with Gasteiger partial charge in [-0.1, -0.05) is 66.7 Å². The minimum Gasteiger partial charge on any atom is -0.497 e. The van der Waals surface area contributed by atoms with Crippen molar-refractivity contribution >= 4 is 31.4 Å². The standard InChI is InChI=1S/C51H54N5O10P/c1-33(2)56(34(3)4)67(63-28-12-26-52)66-44-30-46(55-31-35-29-41(64-47(35)53-50(55)59)25-27-54-48(57)42-15-10-11-16-43(42)49(54)58)65-45(44)32-62-51(36-13-8-7-9-14-36,37-17-21-39(60-5)22-18-37)38-19-23-40(61-6)24-20-38/h7-11,13-24,29,31,33-34,44-46H,12,25,27-28,30,32H2,1-6H3/t44-,45+,46+,67?/m0/s1. The summed E-state index contributed by atoms with van der Waals surface area (Å²) in [6.07, 6.45) is -0.00598. The first kappa shape index (κ1) is 47.3. The molecule has 0 saturated carbocycles. The number of benzene rings is 4. The lowest BCUT2D eigenvalue weighted by Crippen LogP contribution is -2.39. The summed E-state index contributed by atoms with van der Waals surface area (Å²) in [6, 6.07) is 36.1. The van der Waals surface area contributed by atoms with Crippen LogP contribution in [0, 0.1) is 11.3 Å². The second-order valence-corrected chi connectivity index (χ2v) is 18.2. The van der Waals surface area contributed by atoms with Crippen molar-refractivity contribution in [2.45, 2.75) is 83.1 Å². The number of amides is 2. The summed E-state index contributed by atoms with van der Waals surface area (Å²) in [7, 11) is 1.51. The Hall–Kier alpha value is -6.24. The molecule has 348 valence electrons. The predicted molar refractivity (Wildman–Crippen MR) is 251 cm³/mol. The van der Waals surface area contributed by atoms with E-state index in [0.29, 0.717) is 33.8 Å². The molecule has 1 unspecified atom stereocenters. The maximum Gasteiger partial charge on any atom is 0.353 e. The predicted octanol–water partition coefficient (Wildman–Crippen LogP) is 8.80. The fourth-order valence-corrected chi connectivity index (χ4v) is 10.6. The number of aromatic nitrogens is 2. The van der Waals surface area contributed by atoms with Gasteiger partial charge in [0.15, 0.2) is 0 Å². The highest BCUT2D eigenvalue weighted by atomic mass is 31.2. The second kappa shape index (κ2) is 20.7. The highest BCUT2D eigenvalue weighted by Crippen LogP contribution is 2.51. The molecule has 0 N–H and O–H groups in total. The number of methoxy groups -OCH3 is 2. The summed E-state index contributed by atoms with van der Waals surface area (Å²) in [5.41, 5.74) is 1.58. The number of ether oxygens (including phenoxy) is 4. The van der Waals surface area contributed by atoms with Crippen LogP contribution < -0.4 is 15.2 Å². The molecule has 2 aliphatic heterocycles. The largest absolute Gasteiger partial charge is 0.497 e. The van der Waals surface area contributed by atoms with Crippen molar-refractivity contribution in [3.05, 3.63) is 159 Å². The summed E-state index contributed by atoms with van der Waals surface area (Å²) in [6.45, 7) is 8.52. The Morgan fingerprint density at radius 1 is 0.836 bits per heavy atom. The zero-order chi connectivity index (χ0) is 47.2. The van der Waals surface area contributed by atoms with Gasteiger partial charge in [0.2, 0.25) is 5.71 Å². The first-order valence-electron chi connectivity index (χ1n) is 22.3. The lowest BCUT2D eigenvalue weighted by molar-refractivity contribution is -0.0924. The average molecular weight is 928 g/mol. The lowest BCUT2D eigenvalue weighted by Gasteiger charge is -2.39. The third kappa shape index (κ3) is 9.78. The summed E-state index contributed by atoms with van der Waals surface area (Å²) < 4.78 is 48.3. The molecular weight excluding hydrogens is 874 g/mol. The molecule has 4 heterocycles. The molecule has 0 aliphatic carbocycles. The Kier molecular flexibility index (Phi) is 14.6. The van der Waals surface area contributed by atoms with Crippen molar-refractivity contribution in [1.82, 2.24) is 19.1 Å². The van der Waals surface area contributed by atoms with E-state index in [2.05, 4.69) is 43.4 Å².